The highest BCUT2D eigenvalue weighted by Crippen LogP contribution is 2.31. The quantitative estimate of drug-likeness (QED) is 0.824. The van der Waals surface area contributed by atoms with Crippen LogP contribution in [0.1, 0.15) is 29.8 Å². The molecular weight excluding hydrogens is 290 g/mol. The number of aromatic nitrogens is 2. The van der Waals surface area contributed by atoms with E-state index in [1.807, 2.05) is 19.1 Å². The largest absolute Gasteiger partial charge is 0.314 e. The van der Waals surface area contributed by atoms with Crippen molar-refractivity contribution in [3.63, 3.8) is 0 Å². The molecule has 2 aromatic rings. The van der Waals surface area contributed by atoms with Crippen molar-refractivity contribution in [2.45, 2.75) is 38.6 Å². The molecule has 1 heterocycles. The Morgan fingerprint density at radius 3 is 2.95 bits per heavy atom. The number of nitrogens with one attached hydrogen (secondary N) is 1. The zero-order chi connectivity index (χ0) is 13.9. The monoisotopic (exact) mass is 307 g/mol. The molecule has 1 aliphatic carbocycles. The number of nitrogens with zero attached hydrogens (tertiary/aromatic N) is 2. The molecule has 1 saturated carbocycles. The second kappa shape index (κ2) is 6.20. The van der Waals surface area contributed by atoms with Crippen LogP contribution in [0.5, 0.6) is 0 Å². The molecule has 1 aliphatic rings. The van der Waals surface area contributed by atoms with Gasteiger partial charge in [-0.1, -0.05) is 35.1 Å². The molecule has 0 atom stereocenters. The van der Waals surface area contributed by atoms with E-state index in [9.17, 15) is 0 Å². The topological polar surface area (TPSA) is 37.8 Å². The molecule has 0 saturated heterocycles. The van der Waals surface area contributed by atoms with Gasteiger partial charge in [0, 0.05) is 18.0 Å². The lowest BCUT2D eigenvalue weighted by Crippen LogP contribution is -2.17. The summed E-state index contributed by atoms with van der Waals surface area (Å²) in [5.41, 5.74) is 2.15. The Morgan fingerprint density at radius 2 is 2.20 bits per heavy atom. The van der Waals surface area contributed by atoms with Crippen molar-refractivity contribution in [3.05, 3.63) is 33.8 Å². The lowest BCUT2D eigenvalue weighted by atomic mass is 10.2. The van der Waals surface area contributed by atoms with Gasteiger partial charge in [0.2, 0.25) is 0 Å². The van der Waals surface area contributed by atoms with Crippen molar-refractivity contribution >= 4 is 22.9 Å². The summed E-state index contributed by atoms with van der Waals surface area (Å²) in [6, 6.07) is 6.84. The average Bonchev–Trinajstić information content (AvgIpc) is 3.13. The summed E-state index contributed by atoms with van der Waals surface area (Å²) in [6.45, 7) is 3.11. The van der Waals surface area contributed by atoms with Gasteiger partial charge in [0.25, 0.3) is 0 Å². The lowest BCUT2D eigenvalue weighted by molar-refractivity contribution is 0.643. The molecule has 0 unspecified atom stereocenters. The first kappa shape index (κ1) is 14.0. The summed E-state index contributed by atoms with van der Waals surface area (Å²) in [6.07, 6.45) is 4.79. The van der Waals surface area contributed by atoms with Gasteiger partial charge in [-0.25, -0.2) is 0 Å². The summed E-state index contributed by atoms with van der Waals surface area (Å²) in [5.74, 6) is 0. The summed E-state index contributed by atoms with van der Waals surface area (Å²) in [5, 5.41) is 14.8. The molecule has 3 nitrogen and oxygen atoms in total. The molecule has 0 spiro atoms. The van der Waals surface area contributed by atoms with Crippen LogP contribution < -0.4 is 5.32 Å². The molecular formula is C15H18ClN3S. The Balaban J connectivity index is 1.60. The van der Waals surface area contributed by atoms with E-state index in [4.69, 9.17) is 11.6 Å². The van der Waals surface area contributed by atoms with E-state index in [2.05, 4.69) is 21.6 Å². The molecule has 3 rings (SSSR count). The van der Waals surface area contributed by atoms with Crippen LogP contribution in [0, 0.1) is 6.92 Å². The van der Waals surface area contributed by atoms with Crippen molar-refractivity contribution in [1.29, 1.82) is 0 Å². The van der Waals surface area contributed by atoms with E-state index in [0.717, 1.165) is 51.6 Å². The van der Waals surface area contributed by atoms with Crippen molar-refractivity contribution < 1.29 is 0 Å². The van der Waals surface area contributed by atoms with Crippen LogP contribution in [-0.4, -0.2) is 22.8 Å². The maximum atomic E-state index is 6.27. The molecule has 1 fully saturated rings. The van der Waals surface area contributed by atoms with Gasteiger partial charge in [-0.2, -0.15) is 0 Å². The molecule has 1 aromatic heterocycles. The summed E-state index contributed by atoms with van der Waals surface area (Å²) < 4.78 is 0. The molecule has 0 amide bonds. The van der Waals surface area contributed by atoms with Gasteiger partial charge >= 0.3 is 0 Å². The number of aryl methyl sites for hydroxylation is 2. The Labute approximate surface area is 128 Å². The minimum Gasteiger partial charge on any atom is -0.314 e. The van der Waals surface area contributed by atoms with E-state index in [-0.39, 0.29) is 0 Å². The van der Waals surface area contributed by atoms with E-state index >= 15 is 0 Å². The number of hydrogen-bond acceptors (Lipinski definition) is 4. The third-order valence-electron chi connectivity index (χ3n) is 3.40. The fourth-order valence-corrected chi connectivity index (χ4v) is 3.39. The first-order valence-electron chi connectivity index (χ1n) is 7.04. The predicted octanol–water partition coefficient (Wildman–Crippen LogP) is 3.85. The average molecular weight is 308 g/mol. The Morgan fingerprint density at radius 1 is 1.35 bits per heavy atom. The molecule has 0 radical (unpaired) electrons. The van der Waals surface area contributed by atoms with Crippen molar-refractivity contribution in [3.8, 4) is 10.6 Å². The molecule has 0 bridgehead atoms. The maximum absolute atomic E-state index is 6.27. The molecule has 1 N–H and O–H groups in total. The fourth-order valence-electron chi connectivity index (χ4n) is 2.09. The predicted molar refractivity (Wildman–Crippen MR) is 84.4 cm³/mol. The van der Waals surface area contributed by atoms with Gasteiger partial charge in [0.15, 0.2) is 0 Å². The van der Waals surface area contributed by atoms with Gasteiger partial charge in [-0.15, -0.1) is 10.2 Å². The third kappa shape index (κ3) is 3.57. The summed E-state index contributed by atoms with van der Waals surface area (Å²) in [4.78, 5) is 0. The van der Waals surface area contributed by atoms with E-state index in [1.54, 1.807) is 11.3 Å². The van der Waals surface area contributed by atoms with Crippen molar-refractivity contribution in [2.75, 3.05) is 6.54 Å². The highest BCUT2D eigenvalue weighted by molar-refractivity contribution is 7.14. The van der Waals surface area contributed by atoms with Gasteiger partial charge < -0.3 is 5.32 Å². The summed E-state index contributed by atoms with van der Waals surface area (Å²) >= 11 is 7.92. The molecule has 20 heavy (non-hydrogen) atoms. The molecule has 106 valence electrons. The van der Waals surface area contributed by atoms with Crippen LogP contribution >= 0.6 is 22.9 Å². The number of halogens is 1. The third-order valence-corrected chi connectivity index (χ3v) is 4.73. The Kier molecular flexibility index (Phi) is 4.34. The van der Waals surface area contributed by atoms with Crippen LogP contribution in [0.4, 0.5) is 0 Å². The van der Waals surface area contributed by atoms with Gasteiger partial charge in [-0.3, -0.25) is 0 Å². The number of hydrogen-bond donors (Lipinski definition) is 1. The lowest BCUT2D eigenvalue weighted by Gasteiger charge is -2.00. The molecule has 1 aromatic carbocycles. The van der Waals surface area contributed by atoms with Gasteiger partial charge in [-0.05, 0) is 44.4 Å². The maximum Gasteiger partial charge on any atom is 0.149 e. The normalized spacial score (nSPS) is 14.7. The zero-order valence-corrected chi connectivity index (χ0v) is 13.1. The first-order chi connectivity index (χ1) is 9.72. The van der Waals surface area contributed by atoms with Crippen LogP contribution in [-0.2, 0) is 6.42 Å². The van der Waals surface area contributed by atoms with Crippen molar-refractivity contribution in [1.82, 2.24) is 15.5 Å². The van der Waals surface area contributed by atoms with Gasteiger partial charge in [0.05, 0.1) is 5.02 Å². The number of rotatable bonds is 6. The SMILES string of the molecule is Cc1ccc(-c2nnc(CCCNC3CC3)s2)c(Cl)c1. The minimum atomic E-state index is 0.753. The molecule has 0 aliphatic heterocycles. The van der Waals surface area contributed by atoms with Crippen LogP contribution in [0.2, 0.25) is 5.02 Å². The smallest absolute Gasteiger partial charge is 0.149 e. The highest BCUT2D eigenvalue weighted by Gasteiger charge is 2.19. The van der Waals surface area contributed by atoms with E-state index < -0.39 is 0 Å². The Hall–Kier alpha value is -0.970. The van der Waals surface area contributed by atoms with Crippen LogP contribution in [0.25, 0.3) is 10.6 Å². The second-order valence-electron chi connectivity index (χ2n) is 5.32. The highest BCUT2D eigenvalue weighted by atomic mass is 35.5. The zero-order valence-electron chi connectivity index (χ0n) is 11.5. The fraction of sp³-hybridized carbons (Fsp3) is 0.467. The summed E-state index contributed by atoms with van der Waals surface area (Å²) in [7, 11) is 0. The van der Waals surface area contributed by atoms with E-state index in [1.165, 1.54) is 12.8 Å². The standard InChI is InChI=1S/C15H18ClN3S/c1-10-4-7-12(13(16)9-10)15-19-18-14(20-15)3-2-8-17-11-5-6-11/h4,7,9,11,17H,2-3,5-6,8H2,1H3. The minimum absolute atomic E-state index is 0.753. The molecule has 5 heteroatoms. The first-order valence-corrected chi connectivity index (χ1v) is 8.24. The van der Waals surface area contributed by atoms with Crippen LogP contribution in [0.15, 0.2) is 18.2 Å². The van der Waals surface area contributed by atoms with Crippen molar-refractivity contribution in [2.24, 2.45) is 0 Å². The van der Waals surface area contributed by atoms with Crippen LogP contribution in [0.3, 0.4) is 0 Å². The number of benzene rings is 1. The van der Waals surface area contributed by atoms with Gasteiger partial charge in [0.1, 0.15) is 10.0 Å². The second-order valence-corrected chi connectivity index (χ2v) is 6.79. The van der Waals surface area contributed by atoms with E-state index in [0.29, 0.717) is 0 Å². The Bertz CT molecular complexity index is 593.